The van der Waals surface area contributed by atoms with Crippen molar-refractivity contribution in [1.82, 2.24) is 0 Å². The van der Waals surface area contributed by atoms with Crippen molar-refractivity contribution in [2.24, 2.45) is 0 Å². The molecule has 32 heavy (non-hydrogen) atoms. The van der Waals surface area contributed by atoms with Gasteiger partial charge in [-0.1, -0.05) is 90.5 Å². The number of halogens is 1. The summed E-state index contributed by atoms with van der Waals surface area (Å²) in [5.41, 5.74) is 6.64. The second-order valence-electron chi connectivity index (χ2n) is 7.90. The molecule has 1 heterocycles. The monoisotopic (exact) mass is 431 g/mol. The first-order valence-corrected chi connectivity index (χ1v) is 10.9. The van der Waals surface area contributed by atoms with Gasteiger partial charge in [-0.05, 0) is 58.0 Å². The van der Waals surface area contributed by atoms with Crippen LogP contribution in [-0.4, -0.2) is 5.91 Å². The zero-order chi connectivity index (χ0) is 21.7. The Morgan fingerprint density at radius 3 is 1.88 bits per heavy atom. The molecule has 1 amide bonds. The van der Waals surface area contributed by atoms with Crippen LogP contribution >= 0.6 is 11.6 Å². The van der Waals surface area contributed by atoms with E-state index in [1.807, 2.05) is 84.9 Å². The lowest BCUT2D eigenvalue weighted by Crippen LogP contribution is -2.20. The van der Waals surface area contributed by atoms with Crippen LogP contribution in [0.3, 0.4) is 0 Å². The molecule has 5 aromatic rings. The van der Waals surface area contributed by atoms with Gasteiger partial charge in [0.25, 0.3) is 5.91 Å². The number of para-hydroxylation sites is 1. The molecule has 0 saturated heterocycles. The predicted octanol–water partition coefficient (Wildman–Crippen LogP) is 8.12. The highest BCUT2D eigenvalue weighted by Crippen LogP contribution is 2.49. The molecule has 0 aliphatic carbocycles. The number of carbonyl (C=O) groups excluding carboxylic acids is 1. The molecule has 0 spiro atoms. The molecule has 1 aliphatic heterocycles. The third-order valence-corrected chi connectivity index (χ3v) is 6.23. The zero-order valence-electron chi connectivity index (χ0n) is 17.1. The van der Waals surface area contributed by atoms with E-state index in [9.17, 15) is 4.79 Å². The summed E-state index contributed by atoms with van der Waals surface area (Å²) in [5, 5.41) is 2.54. The summed E-state index contributed by atoms with van der Waals surface area (Å²) < 4.78 is 0. The molecule has 0 radical (unpaired) electrons. The number of benzene rings is 5. The van der Waals surface area contributed by atoms with Crippen LogP contribution in [0.25, 0.3) is 33.0 Å². The molecule has 1 aliphatic rings. The molecule has 2 nitrogen and oxygen atoms in total. The first-order chi connectivity index (χ1) is 15.7. The van der Waals surface area contributed by atoms with Crippen LogP contribution < -0.4 is 4.90 Å². The number of rotatable bonds is 3. The molecule has 5 aromatic carbocycles. The smallest absolute Gasteiger partial charge is 0.263 e. The Labute approximate surface area is 191 Å². The predicted molar refractivity (Wildman–Crippen MR) is 133 cm³/mol. The van der Waals surface area contributed by atoms with Crippen molar-refractivity contribution in [2.75, 3.05) is 4.90 Å². The average molecular weight is 432 g/mol. The number of carbonyl (C=O) groups is 1. The Morgan fingerprint density at radius 2 is 1.22 bits per heavy atom. The van der Waals surface area contributed by atoms with Gasteiger partial charge < -0.3 is 0 Å². The SMILES string of the molecule is O=C1c2cc(-c3ccccc3)c(-c3ccccc3)c3cc(Cl)cc(c23)N1c1ccccc1. The molecule has 0 atom stereocenters. The van der Waals surface area contributed by atoms with E-state index < -0.39 is 0 Å². The van der Waals surface area contributed by atoms with Crippen molar-refractivity contribution in [2.45, 2.75) is 0 Å². The van der Waals surface area contributed by atoms with Crippen molar-refractivity contribution >= 4 is 39.7 Å². The standard InChI is InChI=1S/C29H18ClNO/c30-21-16-24-27(20-12-6-2-7-13-20)23(19-10-4-1-5-11-19)18-25-28(24)26(17-21)31(29(25)32)22-14-8-3-9-15-22/h1-18H. The van der Waals surface area contributed by atoms with Gasteiger partial charge in [-0.25, -0.2) is 0 Å². The topological polar surface area (TPSA) is 20.3 Å². The molecule has 0 unspecified atom stereocenters. The normalized spacial score (nSPS) is 12.5. The van der Waals surface area contributed by atoms with Crippen LogP contribution in [0.4, 0.5) is 11.4 Å². The lowest BCUT2D eigenvalue weighted by Gasteiger charge is -2.18. The van der Waals surface area contributed by atoms with Gasteiger partial charge in [-0.2, -0.15) is 0 Å². The van der Waals surface area contributed by atoms with Crippen molar-refractivity contribution in [3.63, 3.8) is 0 Å². The molecule has 0 bridgehead atoms. The number of hydrogen-bond acceptors (Lipinski definition) is 1. The Hall–Kier alpha value is -3.88. The molecule has 0 N–H and O–H groups in total. The lowest BCUT2D eigenvalue weighted by atomic mass is 9.87. The molecular weight excluding hydrogens is 414 g/mol. The summed E-state index contributed by atoms with van der Waals surface area (Å²) in [6.07, 6.45) is 0. The van der Waals surface area contributed by atoms with Crippen molar-refractivity contribution < 1.29 is 4.79 Å². The third kappa shape index (κ3) is 2.84. The molecule has 0 saturated carbocycles. The van der Waals surface area contributed by atoms with Crippen molar-refractivity contribution in [1.29, 1.82) is 0 Å². The van der Waals surface area contributed by atoms with Crippen LogP contribution in [0.1, 0.15) is 10.4 Å². The Balaban J connectivity index is 1.75. The summed E-state index contributed by atoms with van der Waals surface area (Å²) in [6, 6.07) is 36.2. The van der Waals surface area contributed by atoms with Crippen molar-refractivity contribution in [3.05, 3.63) is 120 Å². The van der Waals surface area contributed by atoms with E-state index in [4.69, 9.17) is 11.6 Å². The molecule has 3 heteroatoms. The number of hydrogen-bond donors (Lipinski definition) is 0. The van der Waals surface area contributed by atoms with Crippen LogP contribution in [0.2, 0.25) is 5.02 Å². The van der Waals surface area contributed by atoms with E-state index in [-0.39, 0.29) is 5.91 Å². The zero-order valence-corrected chi connectivity index (χ0v) is 17.9. The average Bonchev–Trinajstić information content (AvgIpc) is 3.12. The highest BCUT2D eigenvalue weighted by atomic mass is 35.5. The van der Waals surface area contributed by atoms with Crippen LogP contribution in [0.5, 0.6) is 0 Å². The summed E-state index contributed by atoms with van der Waals surface area (Å²) >= 11 is 6.65. The maximum absolute atomic E-state index is 13.7. The van der Waals surface area contributed by atoms with Gasteiger partial charge in [0.1, 0.15) is 0 Å². The van der Waals surface area contributed by atoms with E-state index in [1.54, 1.807) is 4.90 Å². The summed E-state index contributed by atoms with van der Waals surface area (Å²) in [5.74, 6) is -0.0322. The van der Waals surface area contributed by atoms with Crippen LogP contribution in [0, 0.1) is 0 Å². The van der Waals surface area contributed by atoms with E-state index >= 15 is 0 Å². The fraction of sp³-hybridized carbons (Fsp3) is 0. The molecule has 0 fully saturated rings. The maximum Gasteiger partial charge on any atom is 0.263 e. The lowest BCUT2D eigenvalue weighted by molar-refractivity contribution is 0.100. The third-order valence-electron chi connectivity index (χ3n) is 6.02. The highest BCUT2D eigenvalue weighted by molar-refractivity contribution is 6.36. The summed E-state index contributed by atoms with van der Waals surface area (Å²) in [7, 11) is 0. The quantitative estimate of drug-likeness (QED) is 0.282. The van der Waals surface area contributed by atoms with Gasteiger partial charge in [0.15, 0.2) is 0 Å². The second kappa shape index (κ2) is 7.37. The second-order valence-corrected chi connectivity index (χ2v) is 8.34. The van der Waals surface area contributed by atoms with Gasteiger partial charge in [0, 0.05) is 16.1 Å². The fourth-order valence-corrected chi connectivity index (χ4v) is 4.89. The minimum Gasteiger partial charge on any atom is -0.276 e. The van der Waals surface area contributed by atoms with Crippen LogP contribution in [-0.2, 0) is 0 Å². The van der Waals surface area contributed by atoms with Crippen molar-refractivity contribution in [3.8, 4) is 22.3 Å². The van der Waals surface area contributed by atoms with Crippen LogP contribution in [0.15, 0.2) is 109 Å². The molecule has 6 rings (SSSR count). The Bertz CT molecular complexity index is 1480. The molecule has 152 valence electrons. The van der Waals surface area contributed by atoms with Gasteiger partial charge in [-0.3, -0.25) is 9.69 Å². The maximum atomic E-state index is 13.7. The van der Waals surface area contributed by atoms with E-state index in [2.05, 4.69) is 24.3 Å². The summed E-state index contributed by atoms with van der Waals surface area (Å²) in [4.78, 5) is 15.5. The van der Waals surface area contributed by atoms with E-state index in [1.165, 1.54) is 0 Å². The highest BCUT2D eigenvalue weighted by Gasteiger charge is 2.33. The molecular formula is C29H18ClNO. The first-order valence-electron chi connectivity index (χ1n) is 10.5. The van der Waals surface area contributed by atoms with Gasteiger partial charge in [0.05, 0.1) is 11.3 Å². The number of anilines is 2. The van der Waals surface area contributed by atoms with E-state index in [0.717, 1.165) is 44.4 Å². The number of amides is 1. The largest absolute Gasteiger partial charge is 0.276 e. The fourth-order valence-electron chi connectivity index (χ4n) is 4.68. The minimum absolute atomic E-state index is 0.0322. The summed E-state index contributed by atoms with van der Waals surface area (Å²) in [6.45, 7) is 0. The van der Waals surface area contributed by atoms with Gasteiger partial charge in [-0.15, -0.1) is 0 Å². The van der Waals surface area contributed by atoms with E-state index in [0.29, 0.717) is 10.6 Å². The van der Waals surface area contributed by atoms with Gasteiger partial charge in [0.2, 0.25) is 0 Å². The Morgan fingerprint density at radius 1 is 0.625 bits per heavy atom. The Kier molecular flexibility index (Phi) is 4.34. The minimum atomic E-state index is -0.0322. The number of nitrogens with zero attached hydrogens (tertiary/aromatic N) is 1. The molecule has 0 aromatic heterocycles. The first kappa shape index (κ1) is 18.9. The van der Waals surface area contributed by atoms with Gasteiger partial charge >= 0.3 is 0 Å².